The molecule has 134 valence electrons. The zero-order valence-corrected chi connectivity index (χ0v) is 15.0. The Hall–Kier alpha value is -3.35. The van der Waals surface area contributed by atoms with E-state index in [4.69, 9.17) is 9.47 Å². The number of ether oxygens (including phenoxy) is 2. The largest absolute Gasteiger partial charge is 0.497 e. The van der Waals surface area contributed by atoms with Gasteiger partial charge in [-0.2, -0.15) is 4.98 Å². The topological polar surface area (TPSA) is 81.2 Å². The Balaban J connectivity index is 1.79. The van der Waals surface area contributed by atoms with Crippen LogP contribution in [-0.4, -0.2) is 29.2 Å². The molecule has 1 aromatic carbocycles. The van der Waals surface area contributed by atoms with Crippen molar-refractivity contribution in [2.45, 2.75) is 13.5 Å². The number of anilines is 3. The first-order chi connectivity index (χ1) is 12.7. The third-order valence-corrected chi connectivity index (χ3v) is 3.72. The molecule has 2 heterocycles. The lowest BCUT2D eigenvalue weighted by Crippen LogP contribution is -2.06. The molecular formula is C19H21N5O2. The highest BCUT2D eigenvalue weighted by molar-refractivity contribution is 5.67. The molecule has 0 atom stereocenters. The molecule has 2 N–H and O–H groups in total. The first-order valence-electron chi connectivity index (χ1n) is 8.15. The van der Waals surface area contributed by atoms with E-state index < -0.39 is 0 Å². The predicted molar refractivity (Wildman–Crippen MR) is 101 cm³/mol. The number of rotatable bonds is 7. The van der Waals surface area contributed by atoms with Gasteiger partial charge >= 0.3 is 0 Å². The molecule has 0 saturated carbocycles. The monoisotopic (exact) mass is 351 g/mol. The van der Waals surface area contributed by atoms with Crippen LogP contribution >= 0.6 is 0 Å². The molecule has 0 aliphatic heterocycles. The number of hydrogen-bond acceptors (Lipinski definition) is 7. The van der Waals surface area contributed by atoms with Gasteiger partial charge in [-0.3, -0.25) is 4.98 Å². The summed E-state index contributed by atoms with van der Waals surface area (Å²) in [6.45, 7) is 2.54. The maximum absolute atomic E-state index is 5.40. The number of nitrogens with one attached hydrogen (secondary N) is 2. The molecule has 0 aliphatic rings. The maximum Gasteiger partial charge on any atom is 0.225 e. The third kappa shape index (κ3) is 4.38. The van der Waals surface area contributed by atoms with Crippen molar-refractivity contribution in [3.8, 4) is 11.5 Å². The quantitative estimate of drug-likeness (QED) is 0.673. The van der Waals surface area contributed by atoms with E-state index in [0.29, 0.717) is 24.1 Å². The van der Waals surface area contributed by atoms with Gasteiger partial charge in [0.1, 0.15) is 17.3 Å². The van der Waals surface area contributed by atoms with Crippen molar-refractivity contribution in [3.05, 3.63) is 60.0 Å². The molecule has 7 heteroatoms. The van der Waals surface area contributed by atoms with E-state index in [0.717, 1.165) is 22.7 Å². The summed E-state index contributed by atoms with van der Waals surface area (Å²) in [5.74, 6) is 2.65. The summed E-state index contributed by atoms with van der Waals surface area (Å²) in [6.07, 6.45) is 3.52. The van der Waals surface area contributed by atoms with Crippen molar-refractivity contribution < 1.29 is 9.47 Å². The van der Waals surface area contributed by atoms with Crippen LogP contribution in [0.5, 0.6) is 11.5 Å². The fourth-order valence-corrected chi connectivity index (χ4v) is 2.44. The highest BCUT2D eigenvalue weighted by Crippen LogP contribution is 2.31. The molecule has 0 spiro atoms. The summed E-state index contributed by atoms with van der Waals surface area (Å²) in [4.78, 5) is 13.0. The summed E-state index contributed by atoms with van der Waals surface area (Å²) in [6, 6.07) is 11.3. The predicted octanol–water partition coefficient (Wildman–Crippen LogP) is 3.55. The number of aromatic nitrogens is 3. The molecule has 0 bridgehead atoms. The SMILES string of the molecule is COc1ccc(OC)c(Nc2cc(C)nc(NCc3ccncc3)n2)c1. The van der Waals surface area contributed by atoms with Crippen molar-refractivity contribution in [1.82, 2.24) is 15.0 Å². The lowest BCUT2D eigenvalue weighted by molar-refractivity contribution is 0.405. The number of benzene rings is 1. The van der Waals surface area contributed by atoms with E-state index >= 15 is 0 Å². The van der Waals surface area contributed by atoms with E-state index in [1.54, 1.807) is 26.6 Å². The fraction of sp³-hybridized carbons (Fsp3) is 0.211. The molecule has 3 aromatic rings. The van der Waals surface area contributed by atoms with Gasteiger partial charge < -0.3 is 20.1 Å². The minimum atomic E-state index is 0.547. The Kier molecular flexibility index (Phi) is 5.48. The molecule has 3 rings (SSSR count). The second kappa shape index (κ2) is 8.15. The maximum atomic E-state index is 5.40. The van der Waals surface area contributed by atoms with Crippen molar-refractivity contribution in [3.63, 3.8) is 0 Å². The van der Waals surface area contributed by atoms with Crippen LogP contribution in [0.1, 0.15) is 11.3 Å². The van der Waals surface area contributed by atoms with Crippen LogP contribution in [0.25, 0.3) is 0 Å². The minimum Gasteiger partial charge on any atom is -0.497 e. The summed E-state index contributed by atoms with van der Waals surface area (Å²) in [5, 5.41) is 6.50. The number of nitrogens with zero attached hydrogens (tertiary/aromatic N) is 3. The van der Waals surface area contributed by atoms with Gasteiger partial charge in [-0.05, 0) is 36.8 Å². The summed E-state index contributed by atoms with van der Waals surface area (Å²) in [7, 11) is 3.25. The first kappa shape index (κ1) is 17.5. The second-order valence-corrected chi connectivity index (χ2v) is 5.62. The van der Waals surface area contributed by atoms with Gasteiger partial charge in [-0.1, -0.05) is 0 Å². The summed E-state index contributed by atoms with van der Waals surface area (Å²) >= 11 is 0. The fourth-order valence-electron chi connectivity index (χ4n) is 2.44. The Labute approximate surface area is 152 Å². The van der Waals surface area contributed by atoms with Gasteiger partial charge in [0.15, 0.2) is 0 Å². The van der Waals surface area contributed by atoms with Crippen LogP contribution in [0, 0.1) is 6.92 Å². The highest BCUT2D eigenvalue weighted by atomic mass is 16.5. The normalized spacial score (nSPS) is 10.3. The van der Waals surface area contributed by atoms with E-state index in [9.17, 15) is 0 Å². The summed E-state index contributed by atoms with van der Waals surface area (Å²) in [5.41, 5.74) is 2.72. The van der Waals surface area contributed by atoms with Gasteiger partial charge in [0.2, 0.25) is 5.95 Å². The van der Waals surface area contributed by atoms with Crippen molar-refractivity contribution in [2.75, 3.05) is 24.9 Å². The number of pyridine rings is 1. The lowest BCUT2D eigenvalue weighted by Gasteiger charge is -2.13. The second-order valence-electron chi connectivity index (χ2n) is 5.62. The minimum absolute atomic E-state index is 0.547. The van der Waals surface area contributed by atoms with Crippen LogP contribution in [0.2, 0.25) is 0 Å². The van der Waals surface area contributed by atoms with E-state index in [-0.39, 0.29) is 0 Å². The van der Waals surface area contributed by atoms with Crippen molar-refractivity contribution >= 4 is 17.5 Å². The molecular weight excluding hydrogens is 330 g/mol. The average Bonchev–Trinajstić information content (AvgIpc) is 2.66. The number of methoxy groups -OCH3 is 2. The van der Waals surface area contributed by atoms with E-state index in [2.05, 4.69) is 25.6 Å². The van der Waals surface area contributed by atoms with Gasteiger partial charge in [-0.25, -0.2) is 4.98 Å². The van der Waals surface area contributed by atoms with Crippen LogP contribution in [0.15, 0.2) is 48.8 Å². The zero-order valence-electron chi connectivity index (χ0n) is 15.0. The molecule has 26 heavy (non-hydrogen) atoms. The molecule has 0 aliphatic carbocycles. The average molecular weight is 351 g/mol. The van der Waals surface area contributed by atoms with E-state index in [1.165, 1.54) is 0 Å². The van der Waals surface area contributed by atoms with Gasteiger partial charge in [0, 0.05) is 36.8 Å². The standard InChI is InChI=1S/C19H21N5O2/c1-13-10-18(23-16-11-15(25-2)4-5-17(16)26-3)24-19(22-13)21-12-14-6-8-20-9-7-14/h4-11H,12H2,1-3H3,(H2,21,22,23,24). The smallest absolute Gasteiger partial charge is 0.225 e. The molecule has 7 nitrogen and oxygen atoms in total. The third-order valence-electron chi connectivity index (χ3n) is 3.72. The van der Waals surface area contributed by atoms with Gasteiger partial charge in [-0.15, -0.1) is 0 Å². The van der Waals surface area contributed by atoms with Gasteiger partial charge in [0.25, 0.3) is 0 Å². The summed E-state index contributed by atoms with van der Waals surface area (Å²) < 4.78 is 10.7. The number of hydrogen-bond donors (Lipinski definition) is 2. The Bertz CT molecular complexity index is 871. The highest BCUT2D eigenvalue weighted by Gasteiger charge is 2.08. The molecule has 2 aromatic heterocycles. The van der Waals surface area contributed by atoms with Crippen LogP contribution in [0.3, 0.4) is 0 Å². The Morgan fingerprint density at radius 1 is 0.962 bits per heavy atom. The van der Waals surface area contributed by atoms with Crippen LogP contribution in [-0.2, 0) is 6.54 Å². The Morgan fingerprint density at radius 3 is 2.50 bits per heavy atom. The molecule has 0 radical (unpaired) electrons. The molecule has 0 unspecified atom stereocenters. The Morgan fingerprint density at radius 2 is 1.77 bits per heavy atom. The van der Waals surface area contributed by atoms with Crippen molar-refractivity contribution in [1.29, 1.82) is 0 Å². The van der Waals surface area contributed by atoms with E-state index in [1.807, 2.05) is 43.3 Å². The first-order valence-corrected chi connectivity index (χ1v) is 8.15. The number of aryl methyl sites for hydroxylation is 1. The van der Waals surface area contributed by atoms with Crippen molar-refractivity contribution in [2.24, 2.45) is 0 Å². The molecule has 0 saturated heterocycles. The molecule has 0 amide bonds. The van der Waals surface area contributed by atoms with Crippen LogP contribution < -0.4 is 20.1 Å². The zero-order chi connectivity index (χ0) is 18.4. The van der Waals surface area contributed by atoms with Crippen LogP contribution in [0.4, 0.5) is 17.5 Å². The lowest BCUT2D eigenvalue weighted by atomic mass is 10.2. The molecule has 0 fully saturated rings. The van der Waals surface area contributed by atoms with Gasteiger partial charge in [0.05, 0.1) is 19.9 Å².